The van der Waals surface area contributed by atoms with Crippen LogP contribution in [0.2, 0.25) is 0 Å². The molecule has 1 aromatic heterocycles. The molecule has 0 spiro atoms. The maximum atomic E-state index is 12.3. The lowest BCUT2D eigenvalue weighted by Gasteiger charge is -2.12. The lowest BCUT2D eigenvalue weighted by atomic mass is 10.1. The third-order valence-electron chi connectivity index (χ3n) is 4.55. The van der Waals surface area contributed by atoms with Gasteiger partial charge >= 0.3 is 5.97 Å². The predicted octanol–water partition coefficient (Wildman–Crippen LogP) is 4.75. The summed E-state index contributed by atoms with van der Waals surface area (Å²) >= 11 is 0. The highest BCUT2D eigenvalue weighted by molar-refractivity contribution is 5.94. The quantitative estimate of drug-likeness (QED) is 0.443. The Hall–Kier alpha value is -4.19. The molecule has 6 heteroatoms. The van der Waals surface area contributed by atoms with Crippen molar-refractivity contribution in [2.45, 2.75) is 6.42 Å². The normalized spacial score (nSPS) is 10.5. The molecule has 4 aromatic rings. The first-order chi connectivity index (χ1) is 15.2. The van der Waals surface area contributed by atoms with Gasteiger partial charge in [-0.15, -0.1) is 0 Å². The Labute approximate surface area is 179 Å². The number of anilines is 1. The summed E-state index contributed by atoms with van der Waals surface area (Å²) in [4.78, 5) is 28.9. The fraction of sp³-hybridized carbons (Fsp3) is 0.0800. The van der Waals surface area contributed by atoms with Crippen LogP contribution in [0.1, 0.15) is 5.56 Å². The zero-order valence-electron chi connectivity index (χ0n) is 16.7. The number of carbonyl (C=O) groups is 2. The summed E-state index contributed by atoms with van der Waals surface area (Å²) in [6.45, 7) is -0.392. The number of nitrogens with one attached hydrogen (secondary N) is 1. The van der Waals surface area contributed by atoms with Gasteiger partial charge < -0.3 is 14.8 Å². The number of benzene rings is 3. The maximum Gasteiger partial charge on any atom is 0.310 e. The second-order valence-electron chi connectivity index (χ2n) is 6.79. The fourth-order valence-electron chi connectivity index (χ4n) is 3.12. The first-order valence-electron chi connectivity index (χ1n) is 9.79. The van der Waals surface area contributed by atoms with Crippen molar-refractivity contribution in [2.75, 3.05) is 11.9 Å². The molecule has 0 aliphatic heterocycles. The number of nitrogens with zero attached hydrogens (tertiary/aromatic N) is 1. The lowest BCUT2D eigenvalue weighted by molar-refractivity contribution is -0.146. The van der Waals surface area contributed by atoms with Crippen LogP contribution in [0, 0.1) is 0 Å². The van der Waals surface area contributed by atoms with Crippen LogP contribution < -0.4 is 10.1 Å². The van der Waals surface area contributed by atoms with Gasteiger partial charge in [-0.25, -0.2) is 0 Å². The predicted molar refractivity (Wildman–Crippen MR) is 118 cm³/mol. The van der Waals surface area contributed by atoms with Crippen molar-refractivity contribution in [2.24, 2.45) is 0 Å². The number of hydrogen-bond acceptors (Lipinski definition) is 5. The molecule has 0 saturated carbocycles. The van der Waals surface area contributed by atoms with Gasteiger partial charge in [-0.05, 0) is 35.9 Å². The van der Waals surface area contributed by atoms with Gasteiger partial charge in [0.1, 0.15) is 5.75 Å². The van der Waals surface area contributed by atoms with Crippen LogP contribution >= 0.6 is 0 Å². The molecule has 3 aromatic carbocycles. The van der Waals surface area contributed by atoms with Crippen LogP contribution in [-0.4, -0.2) is 23.5 Å². The van der Waals surface area contributed by atoms with Crippen LogP contribution in [-0.2, 0) is 20.7 Å². The number of carbonyl (C=O) groups excluding carboxylic acids is 2. The highest BCUT2D eigenvalue weighted by atomic mass is 16.5. The van der Waals surface area contributed by atoms with Gasteiger partial charge in [-0.3, -0.25) is 14.6 Å². The SMILES string of the molecule is O=C(COC(=O)Cc1cccc2cccnc12)Nc1ccccc1Oc1ccccc1. The number of esters is 1. The number of hydrogen-bond donors (Lipinski definition) is 1. The molecule has 1 amide bonds. The van der Waals surface area contributed by atoms with E-state index in [-0.39, 0.29) is 6.42 Å². The van der Waals surface area contributed by atoms with Crippen molar-refractivity contribution in [3.05, 3.63) is 96.7 Å². The lowest BCUT2D eigenvalue weighted by Crippen LogP contribution is -2.22. The van der Waals surface area contributed by atoms with Gasteiger partial charge in [0.25, 0.3) is 5.91 Å². The van der Waals surface area contributed by atoms with Gasteiger partial charge in [0, 0.05) is 11.6 Å². The molecule has 1 N–H and O–H groups in total. The average molecular weight is 412 g/mol. The summed E-state index contributed by atoms with van der Waals surface area (Å²) in [6.07, 6.45) is 1.72. The van der Waals surface area contributed by atoms with Gasteiger partial charge in [0.2, 0.25) is 0 Å². The van der Waals surface area contributed by atoms with Gasteiger partial charge in [0.05, 0.1) is 17.6 Å². The molecule has 0 saturated heterocycles. The Balaban J connectivity index is 1.35. The van der Waals surface area contributed by atoms with Crippen LogP contribution in [0.15, 0.2) is 91.1 Å². The Morgan fingerprint density at radius 1 is 0.839 bits per heavy atom. The number of fused-ring (bicyclic) bond motifs is 1. The summed E-state index contributed by atoms with van der Waals surface area (Å²) in [5, 5.41) is 3.67. The summed E-state index contributed by atoms with van der Waals surface area (Å²) in [7, 11) is 0. The number of pyridine rings is 1. The number of para-hydroxylation sites is 4. The van der Waals surface area contributed by atoms with Crippen molar-refractivity contribution in [3.63, 3.8) is 0 Å². The molecule has 0 aliphatic carbocycles. The van der Waals surface area contributed by atoms with E-state index in [1.165, 1.54) is 0 Å². The molecule has 0 radical (unpaired) electrons. The molecular weight excluding hydrogens is 392 g/mol. The minimum atomic E-state index is -0.498. The first kappa shape index (κ1) is 20.1. The van der Waals surface area contributed by atoms with Gasteiger partial charge in [-0.2, -0.15) is 0 Å². The van der Waals surface area contributed by atoms with E-state index in [2.05, 4.69) is 10.3 Å². The zero-order chi connectivity index (χ0) is 21.5. The monoisotopic (exact) mass is 412 g/mol. The highest BCUT2D eigenvalue weighted by Crippen LogP contribution is 2.29. The van der Waals surface area contributed by atoms with Crippen LogP contribution in [0.4, 0.5) is 5.69 Å². The molecule has 0 atom stereocenters. The zero-order valence-corrected chi connectivity index (χ0v) is 16.7. The van der Waals surface area contributed by atoms with E-state index in [9.17, 15) is 9.59 Å². The molecule has 31 heavy (non-hydrogen) atoms. The Bertz CT molecular complexity index is 1200. The van der Waals surface area contributed by atoms with E-state index in [1.807, 2.05) is 66.7 Å². The van der Waals surface area contributed by atoms with E-state index in [4.69, 9.17) is 9.47 Å². The van der Waals surface area contributed by atoms with E-state index in [0.717, 1.165) is 16.5 Å². The molecule has 154 valence electrons. The topological polar surface area (TPSA) is 77.5 Å². The third kappa shape index (κ3) is 5.25. The largest absolute Gasteiger partial charge is 0.455 e. The molecule has 1 heterocycles. The van der Waals surface area contributed by atoms with Crippen molar-refractivity contribution in [3.8, 4) is 11.5 Å². The number of aromatic nitrogens is 1. The standard InChI is InChI=1S/C25H20N2O4/c28-23(27-21-13-4-5-14-22(21)31-20-11-2-1-3-12-20)17-30-24(29)16-19-9-6-8-18-10-7-15-26-25(18)19/h1-15H,16-17H2,(H,27,28). The van der Waals surface area contributed by atoms with Crippen molar-refractivity contribution in [1.82, 2.24) is 4.98 Å². The molecule has 4 rings (SSSR count). The molecule has 0 bridgehead atoms. The van der Waals surface area contributed by atoms with E-state index < -0.39 is 18.5 Å². The van der Waals surface area contributed by atoms with Crippen LogP contribution in [0.5, 0.6) is 11.5 Å². The third-order valence-corrected chi connectivity index (χ3v) is 4.55. The Morgan fingerprint density at radius 3 is 2.48 bits per heavy atom. The molecule has 6 nitrogen and oxygen atoms in total. The summed E-state index contributed by atoms with van der Waals surface area (Å²) < 4.78 is 11.0. The van der Waals surface area contributed by atoms with Gasteiger partial charge in [-0.1, -0.05) is 54.6 Å². The minimum absolute atomic E-state index is 0.0370. The number of amides is 1. The van der Waals surface area contributed by atoms with Crippen molar-refractivity contribution < 1.29 is 19.1 Å². The van der Waals surface area contributed by atoms with E-state index >= 15 is 0 Å². The van der Waals surface area contributed by atoms with Crippen LogP contribution in [0.25, 0.3) is 10.9 Å². The summed E-state index contributed by atoms with van der Waals surface area (Å²) in [5.41, 5.74) is 1.99. The maximum absolute atomic E-state index is 12.3. The van der Waals surface area contributed by atoms with Crippen molar-refractivity contribution >= 4 is 28.5 Å². The Kier molecular flexibility index (Phi) is 6.18. The first-order valence-corrected chi connectivity index (χ1v) is 9.79. The van der Waals surface area contributed by atoms with E-state index in [1.54, 1.807) is 24.4 Å². The molecule has 0 fully saturated rings. The molecule has 0 unspecified atom stereocenters. The molecule has 0 aliphatic rings. The second kappa shape index (κ2) is 9.54. The van der Waals surface area contributed by atoms with Crippen LogP contribution in [0.3, 0.4) is 0 Å². The fourth-order valence-corrected chi connectivity index (χ4v) is 3.12. The summed E-state index contributed by atoms with van der Waals surface area (Å²) in [6, 6.07) is 25.7. The molecular formula is C25H20N2O4. The highest BCUT2D eigenvalue weighted by Gasteiger charge is 2.13. The Morgan fingerprint density at radius 2 is 1.61 bits per heavy atom. The summed E-state index contributed by atoms with van der Waals surface area (Å²) in [5.74, 6) is 0.199. The number of rotatable bonds is 7. The van der Waals surface area contributed by atoms with Gasteiger partial charge in [0.15, 0.2) is 12.4 Å². The number of ether oxygens (including phenoxy) is 2. The second-order valence-corrected chi connectivity index (χ2v) is 6.79. The minimum Gasteiger partial charge on any atom is -0.455 e. The van der Waals surface area contributed by atoms with Crippen molar-refractivity contribution in [1.29, 1.82) is 0 Å². The van der Waals surface area contributed by atoms with E-state index in [0.29, 0.717) is 17.2 Å². The smallest absolute Gasteiger partial charge is 0.310 e. The average Bonchev–Trinajstić information content (AvgIpc) is 2.80.